The fourth-order valence-electron chi connectivity index (χ4n) is 0.961. The summed E-state index contributed by atoms with van der Waals surface area (Å²) in [7, 11) is 1.69. The Morgan fingerprint density at radius 2 is 2.31 bits per heavy atom. The van der Waals surface area contributed by atoms with E-state index in [2.05, 4.69) is 11.2 Å². The molecule has 0 aromatic carbocycles. The Labute approximate surface area is 78.7 Å². The average Bonchev–Trinajstić information content (AvgIpc) is 2.15. The smallest absolute Gasteiger partial charge is 0.125 e. The Bertz CT molecular complexity index is 250. The van der Waals surface area contributed by atoms with E-state index in [-0.39, 0.29) is 0 Å². The lowest BCUT2D eigenvalue weighted by atomic mass is 10.3. The third-order valence-corrected chi connectivity index (χ3v) is 1.65. The lowest BCUT2D eigenvalue weighted by Gasteiger charge is -2.06. The van der Waals surface area contributed by atoms with E-state index < -0.39 is 0 Å². The molecule has 0 atom stereocenters. The van der Waals surface area contributed by atoms with Crippen LogP contribution in [0.2, 0.25) is 0 Å². The molecule has 3 heteroatoms. The van der Waals surface area contributed by atoms with Gasteiger partial charge >= 0.3 is 0 Å². The molecule has 1 heterocycles. The van der Waals surface area contributed by atoms with Gasteiger partial charge in [-0.1, -0.05) is 0 Å². The van der Waals surface area contributed by atoms with Crippen LogP contribution in [-0.2, 0) is 4.74 Å². The standard InChI is InChI=1S/C10H14NO2/c1-9-8-11-5-4-10(9)13-7-3-6-12-2/h4-5H,3,6-7H2,1-2H3. The van der Waals surface area contributed by atoms with Crippen LogP contribution in [0.25, 0.3) is 0 Å². The van der Waals surface area contributed by atoms with Gasteiger partial charge in [0.1, 0.15) is 5.75 Å². The van der Waals surface area contributed by atoms with Gasteiger partial charge in [0.05, 0.1) is 12.8 Å². The molecule has 1 rings (SSSR count). The molecule has 0 bridgehead atoms. The van der Waals surface area contributed by atoms with Gasteiger partial charge in [0, 0.05) is 31.9 Å². The third kappa shape index (κ3) is 3.42. The number of aromatic nitrogens is 1. The van der Waals surface area contributed by atoms with Gasteiger partial charge in [-0.05, 0) is 13.0 Å². The second kappa shape index (κ2) is 5.54. The van der Waals surface area contributed by atoms with E-state index in [0.29, 0.717) is 6.61 Å². The van der Waals surface area contributed by atoms with Crippen molar-refractivity contribution in [3.05, 3.63) is 24.0 Å². The van der Waals surface area contributed by atoms with E-state index in [1.165, 1.54) is 0 Å². The van der Waals surface area contributed by atoms with E-state index in [9.17, 15) is 0 Å². The summed E-state index contributed by atoms with van der Waals surface area (Å²) in [6.45, 7) is 3.33. The maximum absolute atomic E-state index is 5.49. The molecule has 71 valence electrons. The molecule has 1 aromatic heterocycles. The van der Waals surface area contributed by atoms with Crippen LogP contribution in [0.4, 0.5) is 0 Å². The topological polar surface area (TPSA) is 31.4 Å². The SMILES string of the molecule is COCCCOc1ccn[c]c1C. The molecule has 0 N–H and O–H groups in total. The zero-order valence-electron chi connectivity index (χ0n) is 8.04. The predicted molar refractivity (Wildman–Crippen MR) is 49.8 cm³/mol. The van der Waals surface area contributed by atoms with Crippen molar-refractivity contribution in [2.45, 2.75) is 13.3 Å². The minimum atomic E-state index is 0.673. The minimum absolute atomic E-state index is 0.673. The molecule has 0 aliphatic carbocycles. The van der Waals surface area contributed by atoms with Gasteiger partial charge in [-0.25, -0.2) is 0 Å². The maximum Gasteiger partial charge on any atom is 0.125 e. The van der Waals surface area contributed by atoms with Gasteiger partial charge in [-0.3, -0.25) is 4.98 Å². The lowest BCUT2D eigenvalue weighted by molar-refractivity contribution is 0.172. The van der Waals surface area contributed by atoms with Crippen molar-refractivity contribution in [1.82, 2.24) is 4.98 Å². The Balaban J connectivity index is 2.32. The Hall–Kier alpha value is -1.09. The first kappa shape index (κ1) is 9.99. The molecule has 0 aliphatic heterocycles. The Morgan fingerprint density at radius 3 is 3.00 bits per heavy atom. The van der Waals surface area contributed by atoms with Crippen LogP contribution >= 0.6 is 0 Å². The van der Waals surface area contributed by atoms with Crippen LogP contribution in [0.1, 0.15) is 12.0 Å². The monoisotopic (exact) mass is 180 g/mol. The Kier molecular flexibility index (Phi) is 4.26. The normalized spacial score (nSPS) is 10.0. The summed E-state index contributed by atoms with van der Waals surface area (Å²) >= 11 is 0. The summed E-state index contributed by atoms with van der Waals surface area (Å²) in [6, 6.07) is 1.85. The molecule has 0 saturated heterocycles. The number of hydrogen-bond acceptors (Lipinski definition) is 3. The van der Waals surface area contributed by atoms with Gasteiger partial charge < -0.3 is 9.47 Å². The number of rotatable bonds is 5. The zero-order valence-corrected chi connectivity index (χ0v) is 8.04. The highest BCUT2D eigenvalue weighted by molar-refractivity contribution is 5.27. The first-order valence-corrected chi connectivity index (χ1v) is 4.29. The summed E-state index contributed by atoms with van der Waals surface area (Å²) in [4.78, 5) is 3.86. The number of aryl methyl sites for hydroxylation is 1. The molecule has 0 aliphatic rings. The van der Waals surface area contributed by atoms with E-state index in [0.717, 1.165) is 24.3 Å². The minimum Gasteiger partial charge on any atom is -0.493 e. The van der Waals surface area contributed by atoms with Crippen molar-refractivity contribution in [2.24, 2.45) is 0 Å². The van der Waals surface area contributed by atoms with Crippen LogP contribution in [0.15, 0.2) is 12.3 Å². The second-order valence-electron chi connectivity index (χ2n) is 2.74. The summed E-state index contributed by atoms with van der Waals surface area (Å²) in [5.41, 5.74) is 0.944. The molecule has 1 radical (unpaired) electrons. The first-order valence-electron chi connectivity index (χ1n) is 4.29. The van der Waals surface area contributed by atoms with Gasteiger partial charge in [-0.15, -0.1) is 0 Å². The first-order chi connectivity index (χ1) is 6.34. The summed E-state index contributed by atoms with van der Waals surface area (Å²) < 4.78 is 10.4. The molecular formula is C10H14NO2. The number of methoxy groups -OCH3 is 1. The summed E-state index contributed by atoms with van der Waals surface area (Å²) in [5.74, 6) is 0.853. The van der Waals surface area contributed by atoms with Crippen LogP contribution in [0, 0.1) is 13.1 Å². The average molecular weight is 180 g/mol. The highest BCUT2D eigenvalue weighted by atomic mass is 16.5. The van der Waals surface area contributed by atoms with E-state index >= 15 is 0 Å². The largest absolute Gasteiger partial charge is 0.493 e. The molecule has 0 saturated carbocycles. The van der Waals surface area contributed by atoms with Crippen LogP contribution < -0.4 is 4.74 Å². The second-order valence-corrected chi connectivity index (χ2v) is 2.74. The van der Waals surface area contributed by atoms with Gasteiger partial charge in [-0.2, -0.15) is 0 Å². The number of pyridine rings is 1. The van der Waals surface area contributed by atoms with Crippen molar-refractivity contribution in [1.29, 1.82) is 0 Å². The fraction of sp³-hybridized carbons (Fsp3) is 0.500. The van der Waals surface area contributed by atoms with Crippen molar-refractivity contribution in [3.8, 4) is 5.75 Å². The van der Waals surface area contributed by atoms with Crippen molar-refractivity contribution < 1.29 is 9.47 Å². The number of hydrogen-bond donors (Lipinski definition) is 0. The van der Waals surface area contributed by atoms with E-state index in [4.69, 9.17) is 9.47 Å². The zero-order chi connectivity index (χ0) is 9.52. The van der Waals surface area contributed by atoms with Crippen molar-refractivity contribution in [3.63, 3.8) is 0 Å². The Morgan fingerprint density at radius 1 is 1.46 bits per heavy atom. The lowest BCUT2D eigenvalue weighted by Crippen LogP contribution is -2.02. The van der Waals surface area contributed by atoms with Crippen LogP contribution in [0.3, 0.4) is 0 Å². The van der Waals surface area contributed by atoms with Gasteiger partial charge in [0.15, 0.2) is 0 Å². The molecule has 0 spiro atoms. The van der Waals surface area contributed by atoms with Gasteiger partial charge in [0.2, 0.25) is 0 Å². The summed E-state index contributed by atoms with van der Waals surface area (Å²) in [6.07, 6.45) is 5.41. The number of nitrogens with zero attached hydrogens (tertiary/aromatic N) is 1. The van der Waals surface area contributed by atoms with E-state index in [1.54, 1.807) is 13.3 Å². The molecule has 1 aromatic rings. The van der Waals surface area contributed by atoms with Crippen LogP contribution in [-0.4, -0.2) is 25.3 Å². The molecule has 13 heavy (non-hydrogen) atoms. The maximum atomic E-state index is 5.49. The summed E-state index contributed by atoms with van der Waals surface area (Å²) in [5, 5.41) is 0. The predicted octanol–water partition coefficient (Wildman–Crippen LogP) is 1.61. The quantitative estimate of drug-likeness (QED) is 0.645. The number of ether oxygens (including phenoxy) is 2. The third-order valence-electron chi connectivity index (χ3n) is 1.65. The molecule has 3 nitrogen and oxygen atoms in total. The fourth-order valence-corrected chi connectivity index (χ4v) is 0.961. The molecule has 0 amide bonds. The molecule has 0 unspecified atom stereocenters. The van der Waals surface area contributed by atoms with Crippen molar-refractivity contribution in [2.75, 3.05) is 20.3 Å². The molecular weight excluding hydrogens is 166 g/mol. The van der Waals surface area contributed by atoms with E-state index in [1.807, 2.05) is 13.0 Å². The van der Waals surface area contributed by atoms with Crippen molar-refractivity contribution >= 4 is 0 Å². The van der Waals surface area contributed by atoms with Crippen LogP contribution in [0.5, 0.6) is 5.75 Å². The van der Waals surface area contributed by atoms with Gasteiger partial charge in [0.25, 0.3) is 0 Å². The highest BCUT2D eigenvalue weighted by Crippen LogP contribution is 2.14. The molecule has 0 fully saturated rings. The highest BCUT2D eigenvalue weighted by Gasteiger charge is 1.97.